The highest BCUT2D eigenvalue weighted by Crippen LogP contribution is 2.42. The number of hydrogen-bond donors (Lipinski definition) is 3. The standard InChI is InChI=1S/C27H28FN7O3/c1-3-37-15-27(26-35-34-23(38-26)10-11-36-2)24-18(17-6-4-5-7-19(17)31-24)12-21(33-27)25-30-14-22(32-25)20-9-8-16(28)13-29-20/h4-9,13-14,21,31,33H,3,10-12,15H2,1-2H3,(H,30,32). The molecule has 11 heteroatoms. The third kappa shape index (κ3) is 4.28. The molecule has 0 spiro atoms. The monoisotopic (exact) mass is 517 g/mol. The Bertz CT molecular complexity index is 1540. The Morgan fingerprint density at radius 3 is 2.82 bits per heavy atom. The van der Waals surface area contributed by atoms with Crippen LogP contribution in [0.4, 0.5) is 4.39 Å². The van der Waals surface area contributed by atoms with Crippen molar-refractivity contribution >= 4 is 10.9 Å². The van der Waals surface area contributed by atoms with Gasteiger partial charge in [-0.2, -0.15) is 0 Å². The minimum atomic E-state index is -0.952. The van der Waals surface area contributed by atoms with Crippen molar-refractivity contribution in [1.29, 1.82) is 0 Å². The molecule has 0 aliphatic carbocycles. The van der Waals surface area contributed by atoms with Gasteiger partial charge < -0.3 is 23.9 Å². The van der Waals surface area contributed by atoms with Gasteiger partial charge in [0.2, 0.25) is 11.8 Å². The van der Waals surface area contributed by atoms with Crippen LogP contribution in [0.5, 0.6) is 0 Å². The molecule has 5 heterocycles. The van der Waals surface area contributed by atoms with Crippen molar-refractivity contribution in [2.24, 2.45) is 0 Å². The third-order valence-corrected chi connectivity index (χ3v) is 6.87. The molecule has 0 saturated heterocycles. The van der Waals surface area contributed by atoms with Crippen LogP contribution in [-0.4, -0.2) is 57.1 Å². The molecular formula is C27H28FN7O3. The molecule has 2 atom stereocenters. The zero-order chi connectivity index (χ0) is 26.1. The lowest BCUT2D eigenvalue weighted by molar-refractivity contribution is 0.0653. The van der Waals surface area contributed by atoms with Gasteiger partial charge in [-0.3, -0.25) is 10.3 Å². The minimum Gasteiger partial charge on any atom is -0.423 e. The van der Waals surface area contributed by atoms with E-state index in [1.807, 2.05) is 19.1 Å². The van der Waals surface area contributed by atoms with Gasteiger partial charge in [0.25, 0.3) is 0 Å². The molecule has 5 aromatic rings. The van der Waals surface area contributed by atoms with Gasteiger partial charge in [0.05, 0.1) is 48.7 Å². The van der Waals surface area contributed by atoms with E-state index in [4.69, 9.17) is 13.9 Å². The van der Waals surface area contributed by atoms with Crippen molar-refractivity contribution in [3.8, 4) is 11.4 Å². The average molecular weight is 518 g/mol. The molecule has 4 aromatic heterocycles. The lowest BCUT2D eigenvalue weighted by Crippen LogP contribution is -2.53. The largest absolute Gasteiger partial charge is 0.423 e. The molecule has 6 rings (SSSR count). The van der Waals surface area contributed by atoms with E-state index in [2.05, 4.69) is 47.6 Å². The number of aromatic nitrogens is 6. The molecular weight excluding hydrogens is 489 g/mol. The maximum Gasteiger partial charge on any atom is 0.245 e. The smallest absolute Gasteiger partial charge is 0.245 e. The van der Waals surface area contributed by atoms with E-state index in [-0.39, 0.29) is 18.5 Å². The number of ether oxygens (including phenoxy) is 2. The summed E-state index contributed by atoms with van der Waals surface area (Å²) in [5, 5.41) is 13.6. The van der Waals surface area contributed by atoms with Crippen LogP contribution in [0.3, 0.4) is 0 Å². The van der Waals surface area contributed by atoms with E-state index in [0.717, 1.165) is 22.2 Å². The summed E-state index contributed by atoms with van der Waals surface area (Å²) in [6.07, 6.45) is 4.06. The summed E-state index contributed by atoms with van der Waals surface area (Å²) in [6, 6.07) is 10.9. The van der Waals surface area contributed by atoms with Gasteiger partial charge in [-0.1, -0.05) is 18.2 Å². The number of nitrogens with one attached hydrogen (secondary N) is 3. The highest BCUT2D eigenvalue weighted by Gasteiger charge is 2.49. The number of rotatable bonds is 9. The van der Waals surface area contributed by atoms with Crippen LogP contribution in [0, 0.1) is 5.82 Å². The third-order valence-electron chi connectivity index (χ3n) is 6.87. The minimum absolute atomic E-state index is 0.245. The molecule has 10 nitrogen and oxygen atoms in total. The number of halogens is 1. The first-order valence-electron chi connectivity index (χ1n) is 12.6. The molecule has 1 aliphatic heterocycles. The van der Waals surface area contributed by atoms with Crippen molar-refractivity contribution < 1.29 is 18.3 Å². The predicted octanol–water partition coefficient (Wildman–Crippen LogP) is 3.83. The summed E-state index contributed by atoms with van der Waals surface area (Å²) in [4.78, 5) is 15.8. The summed E-state index contributed by atoms with van der Waals surface area (Å²) in [5.41, 5.74) is 3.41. The number of imidazole rings is 1. The van der Waals surface area contributed by atoms with Gasteiger partial charge in [0.15, 0.2) is 5.54 Å². The van der Waals surface area contributed by atoms with Crippen LogP contribution >= 0.6 is 0 Å². The number of benzene rings is 1. The first-order chi connectivity index (χ1) is 18.6. The quantitative estimate of drug-likeness (QED) is 0.269. The molecule has 0 radical (unpaired) electrons. The first-order valence-corrected chi connectivity index (χ1v) is 12.6. The van der Waals surface area contributed by atoms with E-state index >= 15 is 0 Å². The van der Waals surface area contributed by atoms with E-state index in [0.29, 0.717) is 55.0 Å². The van der Waals surface area contributed by atoms with Gasteiger partial charge in [0, 0.05) is 31.0 Å². The topological polar surface area (TPSA) is 127 Å². The second kappa shape index (κ2) is 10.1. The number of H-pyrrole nitrogens is 2. The molecule has 0 amide bonds. The number of nitrogens with zero attached hydrogens (tertiary/aromatic N) is 4. The molecule has 3 N–H and O–H groups in total. The highest BCUT2D eigenvalue weighted by atomic mass is 19.1. The maximum atomic E-state index is 13.4. The van der Waals surface area contributed by atoms with Gasteiger partial charge in [0.1, 0.15) is 11.6 Å². The van der Waals surface area contributed by atoms with Crippen molar-refractivity contribution in [2.45, 2.75) is 31.3 Å². The SMILES string of the molecule is CCOCC1(c2nnc(CCOC)o2)NC(c2ncc(-c3ccc(F)cn3)[nH]2)Cc2c1[nH]c1ccccc21. The number of fused-ring (bicyclic) bond motifs is 3. The van der Waals surface area contributed by atoms with Crippen LogP contribution < -0.4 is 5.32 Å². The van der Waals surface area contributed by atoms with E-state index in [1.54, 1.807) is 19.4 Å². The number of hydrogen-bond acceptors (Lipinski definition) is 8. The first kappa shape index (κ1) is 24.4. The number of aromatic amines is 2. The Hall–Kier alpha value is -3.93. The van der Waals surface area contributed by atoms with Gasteiger partial charge >= 0.3 is 0 Å². The number of para-hydroxylation sites is 1. The Labute approximate surface area is 218 Å². The van der Waals surface area contributed by atoms with Crippen molar-refractivity contribution in [3.05, 3.63) is 83.5 Å². The number of methoxy groups -OCH3 is 1. The fourth-order valence-electron chi connectivity index (χ4n) is 5.06. The van der Waals surface area contributed by atoms with Crippen LogP contribution in [0.1, 0.15) is 41.8 Å². The summed E-state index contributed by atoms with van der Waals surface area (Å²) < 4.78 is 30.8. The maximum absolute atomic E-state index is 13.4. The van der Waals surface area contributed by atoms with Gasteiger partial charge in [-0.15, -0.1) is 10.2 Å². The van der Waals surface area contributed by atoms with Crippen molar-refractivity contribution in [1.82, 2.24) is 35.5 Å². The molecule has 0 fully saturated rings. The highest BCUT2D eigenvalue weighted by molar-refractivity contribution is 5.85. The Kier molecular flexibility index (Phi) is 6.48. The zero-order valence-corrected chi connectivity index (χ0v) is 21.1. The molecule has 0 bridgehead atoms. The normalized spacial score (nSPS) is 19.2. The predicted molar refractivity (Wildman–Crippen MR) is 137 cm³/mol. The molecule has 1 aromatic carbocycles. The van der Waals surface area contributed by atoms with Crippen molar-refractivity contribution in [2.75, 3.05) is 26.9 Å². The summed E-state index contributed by atoms with van der Waals surface area (Å²) in [6.45, 7) is 3.20. The Morgan fingerprint density at radius 2 is 2.00 bits per heavy atom. The molecule has 1 aliphatic rings. The molecule has 196 valence electrons. The van der Waals surface area contributed by atoms with Crippen LogP contribution in [0.2, 0.25) is 0 Å². The van der Waals surface area contributed by atoms with Gasteiger partial charge in [-0.25, -0.2) is 9.37 Å². The van der Waals surface area contributed by atoms with E-state index in [9.17, 15) is 4.39 Å². The molecule has 0 saturated carbocycles. The fraction of sp³-hybridized carbons (Fsp3) is 0.333. The summed E-state index contributed by atoms with van der Waals surface area (Å²) >= 11 is 0. The van der Waals surface area contributed by atoms with E-state index < -0.39 is 5.54 Å². The molecule has 38 heavy (non-hydrogen) atoms. The molecule has 2 unspecified atom stereocenters. The van der Waals surface area contributed by atoms with E-state index in [1.165, 1.54) is 12.3 Å². The summed E-state index contributed by atoms with van der Waals surface area (Å²) in [5.74, 6) is 1.21. The second-order valence-electron chi connectivity index (χ2n) is 9.26. The summed E-state index contributed by atoms with van der Waals surface area (Å²) in [7, 11) is 1.64. The van der Waals surface area contributed by atoms with Gasteiger partial charge in [-0.05, 0) is 37.1 Å². The fourth-order valence-corrected chi connectivity index (χ4v) is 5.06. The number of pyridine rings is 1. The zero-order valence-electron chi connectivity index (χ0n) is 21.1. The average Bonchev–Trinajstić information content (AvgIpc) is 3.70. The lowest BCUT2D eigenvalue weighted by atomic mass is 9.83. The second-order valence-corrected chi connectivity index (χ2v) is 9.26. The van der Waals surface area contributed by atoms with Crippen LogP contribution in [0.25, 0.3) is 22.3 Å². The Morgan fingerprint density at radius 1 is 1.11 bits per heavy atom. The van der Waals surface area contributed by atoms with Crippen LogP contribution in [-0.2, 0) is 27.9 Å². The van der Waals surface area contributed by atoms with Crippen LogP contribution in [0.15, 0.2) is 53.2 Å². The van der Waals surface area contributed by atoms with Crippen molar-refractivity contribution in [3.63, 3.8) is 0 Å². The Balaban J connectivity index is 1.46. The lowest BCUT2D eigenvalue weighted by Gasteiger charge is -2.39.